The molecule has 0 fully saturated rings. The Kier molecular flexibility index (Phi) is 4.94. The summed E-state index contributed by atoms with van der Waals surface area (Å²) < 4.78 is 0.802. The van der Waals surface area contributed by atoms with E-state index in [1.165, 1.54) is 12.1 Å². The molecule has 1 rings (SSSR count). The number of halogens is 1. The van der Waals surface area contributed by atoms with Gasteiger partial charge in [0.2, 0.25) is 0 Å². The summed E-state index contributed by atoms with van der Waals surface area (Å²) in [5, 5.41) is 22.5. The Balaban J connectivity index is 2.79. The Labute approximate surface area is 107 Å². The number of benzene rings is 1. The molecule has 0 saturated carbocycles. The lowest BCUT2D eigenvalue weighted by atomic mass is 10.2. The molecule has 1 unspecified atom stereocenters. The highest BCUT2D eigenvalue weighted by Gasteiger charge is 2.10. The molecule has 0 aromatic heterocycles. The monoisotopic (exact) mass is 336 g/mol. The molecule has 0 heterocycles. The van der Waals surface area contributed by atoms with Crippen LogP contribution in [0.2, 0.25) is 0 Å². The van der Waals surface area contributed by atoms with Crippen molar-refractivity contribution in [3.63, 3.8) is 0 Å². The van der Waals surface area contributed by atoms with Crippen molar-refractivity contribution in [3.8, 4) is 0 Å². The summed E-state index contributed by atoms with van der Waals surface area (Å²) in [4.78, 5) is 10.1. The van der Waals surface area contributed by atoms with Crippen molar-refractivity contribution in [1.82, 2.24) is 0 Å². The quantitative estimate of drug-likeness (QED) is 0.492. The molecule has 1 aromatic rings. The smallest absolute Gasteiger partial charge is 0.270 e. The minimum Gasteiger partial charge on any atom is -0.396 e. The molecule has 0 amide bonds. The maximum Gasteiger partial charge on any atom is 0.270 e. The first-order chi connectivity index (χ1) is 7.54. The Morgan fingerprint density at radius 2 is 2.31 bits per heavy atom. The molecule has 1 atom stereocenters. The first kappa shape index (κ1) is 13.2. The number of aliphatic hydroxyl groups is 1. The number of nitro groups is 1. The second kappa shape index (κ2) is 6.00. The van der Waals surface area contributed by atoms with Crippen LogP contribution < -0.4 is 5.32 Å². The second-order valence-corrected chi connectivity index (χ2v) is 4.64. The SMILES string of the molecule is CC(CCO)Nc1ccc([N+](=O)[O-])cc1I. The summed E-state index contributed by atoms with van der Waals surface area (Å²) in [5.41, 5.74) is 0.942. The van der Waals surface area contributed by atoms with Crippen LogP contribution >= 0.6 is 22.6 Å². The lowest BCUT2D eigenvalue weighted by Crippen LogP contribution is -2.17. The minimum absolute atomic E-state index is 0.0877. The van der Waals surface area contributed by atoms with Gasteiger partial charge in [-0.15, -0.1) is 0 Å². The summed E-state index contributed by atoms with van der Waals surface area (Å²) in [7, 11) is 0. The normalized spacial score (nSPS) is 12.2. The van der Waals surface area contributed by atoms with E-state index in [9.17, 15) is 10.1 Å². The van der Waals surface area contributed by atoms with E-state index in [4.69, 9.17) is 5.11 Å². The predicted octanol–water partition coefficient (Wildman–Crippen LogP) is 2.38. The molecule has 0 bridgehead atoms. The number of aliphatic hydroxyl groups excluding tert-OH is 1. The predicted molar refractivity (Wildman–Crippen MR) is 70.6 cm³/mol. The van der Waals surface area contributed by atoms with Crippen molar-refractivity contribution in [1.29, 1.82) is 0 Å². The van der Waals surface area contributed by atoms with E-state index < -0.39 is 4.92 Å². The third-order valence-electron chi connectivity index (χ3n) is 2.13. The van der Waals surface area contributed by atoms with E-state index in [0.29, 0.717) is 6.42 Å². The van der Waals surface area contributed by atoms with Gasteiger partial charge in [0.15, 0.2) is 0 Å². The summed E-state index contributed by atoms with van der Waals surface area (Å²) in [6.45, 7) is 2.07. The van der Waals surface area contributed by atoms with Gasteiger partial charge < -0.3 is 10.4 Å². The molecular weight excluding hydrogens is 323 g/mol. The maximum atomic E-state index is 10.5. The van der Waals surface area contributed by atoms with Gasteiger partial charge in [0.1, 0.15) is 0 Å². The topological polar surface area (TPSA) is 75.4 Å². The van der Waals surface area contributed by atoms with Crippen LogP contribution in [0.1, 0.15) is 13.3 Å². The van der Waals surface area contributed by atoms with Gasteiger partial charge >= 0.3 is 0 Å². The molecule has 0 aliphatic heterocycles. The van der Waals surface area contributed by atoms with Crippen LogP contribution in [0.4, 0.5) is 11.4 Å². The van der Waals surface area contributed by atoms with Gasteiger partial charge in [0.25, 0.3) is 5.69 Å². The average Bonchev–Trinajstić information content (AvgIpc) is 2.21. The Morgan fingerprint density at radius 1 is 1.62 bits per heavy atom. The van der Waals surface area contributed by atoms with Gasteiger partial charge in [-0.25, -0.2) is 0 Å². The fraction of sp³-hybridized carbons (Fsp3) is 0.400. The van der Waals surface area contributed by atoms with Crippen molar-refractivity contribution in [3.05, 3.63) is 31.9 Å². The van der Waals surface area contributed by atoms with E-state index >= 15 is 0 Å². The number of nitrogens with one attached hydrogen (secondary N) is 1. The largest absolute Gasteiger partial charge is 0.396 e. The maximum absolute atomic E-state index is 10.5. The van der Waals surface area contributed by atoms with E-state index in [1.54, 1.807) is 6.07 Å². The van der Waals surface area contributed by atoms with Crippen molar-refractivity contribution < 1.29 is 10.0 Å². The Bertz CT molecular complexity index is 384. The lowest BCUT2D eigenvalue weighted by molar-refractivity contribution is -0.384. The third-order valence-corrected chi connectivity index (χ3v) is 3.02. The summed E-state index contributed by atoms with van der Waals surface area (Å²) in [6.07, 6.45) is 0.646. The van der Waals surface area contributed by atoms with E-state index in [2.05, 4.69) is 27.9 Å². The van der Waals surface area contributed by atoms with Crippen molar-refractivity contribution in [2.45, 2.75) is 19.4 Å². The zero-order valence-corrected chi connectivity index (χ0v) is 11.0. The van der Waals surface area contributed by atoms with Gasteiger partial charge in [-0.2, -0.15) is 0 Å². The van der Waals surface area contributed by atoms with Crippen LogP contribution in [0.5, 0.6) is 0 Å². The molecule has 1 aromatic carbocycles. The fourth-order valence-corrected chi connectivity index (χ4v) is 1.92. The number of nitrogens with zero attached hydrogens (tertiary/aromatic N) is 1. The molecule has 6 heteroatoms. The van der Waals surface area contributed by atoms with Crippen LogP contribution in [-0.4, -0.2) is 22.7 Å². The molecule has 88 valence electrons. The van der Waals surface area contributed by atoms with Crippen LogP contribution in [0, 0.1) is 13.7 Å². The highest BCUT2D eigenvalue weighted by Crippen LogP contribution is 2.24. The van der Waals surface area contributed by atoms with Crippen LogP contribution in [-0.2, 0) is 0 Å². The zero-order chi connectivity index (χ0) is 12.1. The highest BCUT2D eigenvalue weighted by molar-refractivity contribution is 14.1. The number of hydrogen-bond acceptors (Lipinski definition) is 4. The number of hydrogen-bond donors (Lipinski definition) is 2. The zero-order valence-electron chi connectivity index (χ0n) is 8.81. The average molecular weight is 336 g/mol. The van der Waals surface area contributed by atoms with Crippen molar-refractivity contribution >= 4 is 34.0 Å². The highest BCUT2D eigenvalue weighted by atomic mass is 127. The molecule has 0 aliphatic carbocycles. The summed E-state index contributed by atoms with van der Waals surface area (Å²) >= 11 is 2.05. The van der Waals surface area contributed by atoms with Crippen LogP contribution in [0.15, 0.2) is 18.2 Å². The first-order valence-corrected chi connectivity index (χ1v) is 5.94. The Morgan fingerprint density at radius 3 is 2.81 bits per heavy atom. The molecule has 0 spiro atoms. The molecule has 2 N–H and O–H groups in total. The van der Waals surface area contributed by atoms with Crippen LogP contribution in [0.25, 0.3) is 0 Å². The Hall–Kier alpha value is -0.890. The minimum atomic E-state index is -0.414. The van der Waals surface area contributed by atoms with Gasteiger partial charge in [0.05, 0.1) is 4.92 Å². The number of non-ortho nitro benzene ring substituents is 1. The van der Waals surface area contributed by atoms with Crippen LogP contribution in [0.3, 0.4) is 0 Å². The van der Waals surface area contributed by atoms with E-state index in [1.807, 2.05) is 6.92 Å². The van der Waals surface area contributed by atoms with Gasteiger partial charge in [-0.05, 0) is 42.0 Å². The summed E-state index contributed by atoms with van der Waals surface area (Å²) in [6, 6.07) is 4.82. The molecule has 16 heavy (non-hydrogen) atoms. The number of rotatable bonds is 5. The second-order valence-electron chi connectivity index (χ2n) is 3.48. The number of nitro benzene ring substituents is 1. The van der Waals surface area contributed by atoms with Gasteiger partial charge in [-0.3, -0.25) is 10.1 Å². The van der Waals surface area contributed by atoms with Crippen molar-refractivity contribution in [2.75, 3.05) is 11.9 Å². The van der Waals surface area contributed by atoms with Gasteiger partial charge in [-0.1, -0.05) is 0 Å². The van der Waals surface area contributed by atoms with Gasteiger partial charge in [0, 0.05) is 34.0 Å². The number of anilines is 1. The third kappa shape index (κ3) is 3.60. The van der Waals surface area contributed by atoms with Crippen molar-refractivity contribution in [2.24, 2.45) is 0 Å². The lowest BCUT2D eigenvalue weighted by Gasteiger charge is -2.14. The fourth-order valence-electron chi connectivity index (χ4n) is 1.27. The standard InChI is InChI=1S/C10H13IN2O3/c1-7(4-5-14)12-10-3-2-8(13(15)16)6-9(10)11/h2-3,6-7,12,14H,4-5H2,1H3. The molecule has 0 radical (unpaired) electrons. The first-order valence-electron chi connectivity index (χ1n) is 4.86. The molecular formula is C10H13IN2O3. The molecule has 0 saturated heterocycles. The van der Waals surface area contributed by atoms with E-state index in [0.717, 1.165) is 9.26 Å². The molecule has 5 nitrogen and oxygen atoms in total. The summed E-state index contributed by atoms with van der Waals surface area (Å²) in [5.74, 6) is 0. The molecule has 0 aliphatic rings. The van der Waals surface area contributed by atoms with E-state index in [-0.39, 0.29) is 18.3 Å².